The summed E-state index contributed by atoms with van der Waals surface area (Å²) >= 11 is 0. The zero-order chi connectivity index (χ0) is 26.5. The van der Waals surface area contributed by atoms with Crippen LogP contribution in [0.25, 0.3) is 5.76 Å². The summed E-state index contributed by atoms with van der Waals surface area (Å²) in [5, 5.41) is 21.3. The van der Waals surface area contributed by atoms with Crippen LogP contribution >= 0.6 is 0 Å². The molecule has 3 aromatic rings. The van der Waals surface area contributed by atoms with Crippen LogP contribution in [0.15, 0.2) is 78.4 Å². The minimum atomic E-state index is -0.844. The van der Waals surface area contributed by atoms with Crippen molar-refractivity contribution in [3.05, 3.63) is 95.1 Å². The minimum Gasteiger partial charge on any atom is -0.507 e. The summed E-state index contributed by atoms with van der Waals surface area (Å²) in [4.78, 5) is 29.6. The largest absolute Gasteiger partial charge is 0.507 e. The number of carbonyl (C=O) groups is 2. The van der Waals surface area contributed by atoms with Gasteiger partial charge in [0.1, 0.15) is 18.1 Å². The molecule has 1 saturated heterocycles. The normalized spacial score (nSPS) is 16.9. The van der Waals surface area contributed by atoms with E-state index in [1.54, 1.807) is 36.4 Å². The van der Waals surface area contributed by atoms with E-state index in [0.29, 0.717) is 30.0 Å². The molecule has 8 nitrogen and oxygen atoms in total. The average Bonchev–Trinajstić information content (AvgIpc) is 3.16. The summed E-state index contributed by atoms with van der Waals surface area (Å²) in [5.41, 5.74) is 1.93. The Labute approximate surface area is 216 Å². The van der Waals surface area contributed by atoms with E-state index in [0.717, 1.165) is 5.56 Å². The van der Waals surface area contributed by atoms with E-state index in [9.17, 15) is 19.8 Å². The van der Waals surface area contributed by atoms with Crippen LogP contribution in [0.1, 0.15) is 22.7 Å². The quantitative estimate of drug-likeness (QED) is 0.260. The van der Waals surface area contributed by atoms with Gasteiger partial charge in [-0.15, -0.1) is 0 Å². The molecule has 1 aliphatic heterocycles. The third kappa shape index (κ3) is 5.59. The molecule has 0 aliphatic carbocycles. The third-order valence-corrected chi connectivity index (χ3v) is 6.22. The van der Waals surface area contributed by atoms with E-state index in [-0.39, 0.29) is 29.4 Å². The van der Waals surface area contributed by atoms with Crippen molar-refractivity contribution in [1.82, 2.24) is 9.80 Å². The highest BCUT2D eigenvalue weighted by Gasteiger charge is 2.46. The van der Waals surface area contributed by atoms with E-state index in [4.69, 9.17) is 9.47 Å². The molecule has 8 heteroatoms. The molecule has 1 atom stereocenters. The van der Waals surface area contributed by atoms with Gasteiger partial charge in [-0.3, -0.25) is 9.59 Å². The average molecular weight is 503 g/mol. The van der Waals surface area contributed by atoms with Crippen molar-refractivity contribution >= 4 is 17.4 Å². The first-order valence-corrected chi connectivity index (χ1v) is 11.9. The summed E-state index contributed by atoms with van der Waals surface area (Å²) in [7, 11) is 5.16. The molecule has 0 bridgehead atoms. The van der Waals surface area contributed by atoms with E-state index in [1.807, 2.05) is 49.3 Å². The zero-order valence-corrected chi connectivity index (χ0v) is 21.0. The Hall–Kier alpha value is -4.30. The Balaban J connectivity index is 1.69. The Morgan fingerprint density at radius 2 is 1.70 bits per heavy atom. The van der Waals surface area contributed by atoms with Gasteiger partial charge in [-0.1, -0.05) is 36.4 Å². The third-order valence-electron chi connectivity index (χ3n) is 6.22. The number of ether oxygens (including phenoxy) is 2. The zero-order valence-electron chi connectivity index (χ0n) is 21.0. The topological polar surface area (TPSA) is 99.5 Å². The van der Waals surface area contributed by atoms with Gasteiger partial charge in [-0.25, -0.2) is 0 Å². The maximum atomic E-state index is 13.2. The number of phenols is 1. The SMILES string of the molecule is COc1cc([C@H]2/C(=C(\O)c3ccc(OCc4ccccc4)cc3)C(=O)C(=O)N2CCN(C)C)ccc1O. The molecule has 1 heterocycles. The molecule has 0 radical (unpaired) electrons. The molecule has 0 aromatic heterocycles. The maximum absolute atomic E-state index is 13.2. The number of likely N-dealkylation sites (N-methyl/N-ethyl adjacent to an activating group) is 1. The number of ketones is 1. The van der Waals surface area contributed by atoms with Crippen LogP contribution in [0, 0.1) is 0 Å². The molecule has 192 valence electrons. The van der Waals surface area contributed by atoms with Gasteiger partial charge in [0.25, 0.3) is 11.7 Å². The lowest BCUT2D eigenvalue weighted by molar-refractivity contribution is -0.140. The van der Waals surface area contributed by atoms with Crippen molar-refractivity contribution in [3.8, 4) is 17.2 Å². The number of benzene rings is 3. The maximum Gasteiger partial charge on any atom is 0.295 e. The first-order chi connectivity index (χ1) is 17.8. The molecule has 1 amide bonds. The highest BCUT2D eigenvalue weighted by atomic mass is 16.5. The highest BCUT2D eigenvalue weighted by Crippen LogP contribution is 2.41. The second-order valence-electron chi connectivity index (χ2n) is 9.03. The van der Waals surface area contributed by atoms with Crippen LogP contribution in [-0.4, -0.2) is 66.0 Å². The standard InChI is InChI=1S/C29H30N2O6/c1-30(2)15-16-31-26(21-11-14-23(32)24(17-21)36-3)25(28(34)29(31)35)27(33)20-9-12-22(13-10-20)37-18-19-7-5-4-6-8-19/h4-14,17,26,32-33H,15-16,18H2,1-3H3/b27-25+/t26-/m0/s1. The van der Waals surface area contributed by atoms with Crippen LogP contribution in [0.4, 0.5) is 0 Å². The summed E-state index contributed by atoms with van der Waals surface area (Å²) in [6.45, 7) is 1.19. The summed E-state index contributed by atoms with van der Waals surface area (Å²) < 4.78 is 11.1. The predicted molar refractivity (Wildman–Crippen MR) is 139 cm³/mol. The summed E-state index contributed by atoms with van der Waals surface area (Å²) in [5.74, 6) is -0.997. The molecule has 0 unspecified atom stereocenters. The number of aromatic hydroxyl groups is 1. The van der Waals surface area contributed by atoms with Gasteiger partial charge >= 0.3 is 0 Å². The first kappa shape index (κ1) is 25.8. The summed E-state index contributed by atoms with van der Waals surface area (Å²) in [6.07, 6.45) is 0. The second-order valence-corrected chi connectivity index (χ2v) is 9.03. The number of carbonyl (C=O) groups excluding carboxylic acids is 2. The van der Waals surface area contributed by atoms with E-state index < -0.39 is 17.7 Å². The number of hydrogen-bond donors (Lipinski definition) is 2. The number of aliphatic hydroxyl groups excluding tert-OH is 1. The number of likely N-dealkylation sites (tertiary alicyclic amines) is 1. The number of aliphatic hydroxyl groups is 1. The molecule has 4 rings (SSSR count). The Kier molecular flexibility index (Phi) is 7.79. The molecular weight excluding hydrogens is 472 g/mol. The lowest BCUT2D eigenvalue weighted by atomic mass is 9.95. The van der Waals surface area contributed by atoms with Crippen molar-refractivity contribution in [1.29, 1.82) is 0 Å². The van der Waals surface area contributed by atoms with Gasteiger partial charge in [0.2, 0.25) is 0 Å². The van der Waals surface area contributed by atoms with Gasteiger partial charge < -0.3 is 29.5 Å². The van der Waals surface area contributed by atoms with Gasteiger partial charge in [-0.2, -0.15) is 0 Å². The predicted octanol–water partition coefficient (Wildman–Crippen LogP) is 3.96. The molecular formula is C29H30N2O6. The fourth-order valence-corrected chi connectivity index (χ4v) is 4.23. The molecule has 3 aromatic carbocycles. The number of phenolic OH excluding ortho intramolecular Hbond substituents is 1. The number of hydrogen-bond acceptors (Lipinski definition) is 7. The van der Waals surface area contributed by atoms with Gasteiger partial charge in [0, 0.05) is 18.7 Å². The molecule has 0 saturated carbocycles. The Morgan fingerprint density at radius 3 is 2.35 bits per heavy atom. The van der Waals surface area contributed by atoms with Gasteiger partial charge in [0.05, 0.1) is 18.7 Å². The fraction of sp³-hybridized carbons (Fsp3) is 0.241. The molecule has 2 N–H and O–H groups in total. The second kappa shape index (κ2) is 11.2. The molecule has 0 spiro atoms. The van der Waals surface area contributed by atoms with E-state index in [1.165, 1.54) is 18.1 Å². The number of nitrogens with zero attached hydrogens (tertiary/aromatic N) is 2. The van der Waals surface area contributed by atoms with Crippen molar-refractivity contribution in [3.63, 3.8) is 0 Å². The van der Waals surface area contributed by atoms with Crippen LogP contribution < -0.4 is 9.47 Å². The van der Waals surface area contributed by atoms with Crippen LogP contribution in [-0.2, 0) is 16.2 Å². The number of amides is 1. The minimum absolute atomic E-state index is 0.0190. The number of rotatable bonds is 9. The van der Waals surface area contributed by atoms with Crippen molar-refractivity contribution in [2.24, 2.45) is 0 Å². The van der Waals surface area contributed by atoms with Crippen LogP contribution in [0.2, 0.25) is 0 Å². The van der Waals surface area contributed by atoms with Crippen molar-refractivity contribution in [2.45, 2.75) is 12.6 Å². The molecule has 37 heavy (non-hydrogen) atoms. The van der Waals surface area contributed by atoms with Crippen molar-refractivity contribution in [2.75, 3.05) is 34.3 Å². The van der Waals surface area contributed by atoms with Gasteiger partial charge in [0.15, 0.2) is 11.5 Å². The smallest absolute Gasteiger partial charge is 0.295 e. The van der Waals surface area contributed by atoms with Crippen molar-refractivity contribution < 1.29 is 29.3 Å². The van der Waals surface area contributed by atoms with Crippen LogP contribution in [0.3, 0.4) is 0 Å². The molecule has 1 fully saturated rings. The number of methoxy groups -OCH3 is 1. The van der Waals surface area contributed by atoms with E-state index in [2.05, 4.69) is 0 Å². The van der Waals surface area contributed by atoms with E-state index >= 15 is 0 Å². The Bertz CT molecular complexity index is 1300. The monoisotopic (exact) mass is 502 g/mol. The fourth-order valence-electron chi connectivity index (χ4n) is 4.23. The highest BCUT2D eigenvalue weighted by molar-refractivity contribution is 6.46. The lowest BCUT2D eigenvalue weighted by Gasteiger charge is -2.27. The summed E-state index contributed by atoms with van der Waals surface area (Å²) in [6, 6.07) is 20.2. The first-order valence-electron chi connectivity index (χ1n) is 11.9. The molecule has 1 aliphatic rings. The Morgan fingerprint density at radius 1 is 1.00 bits per heavy atom. The van der Waals surface area contributed by atoms with Gasteiger partial charge in [-0.05, 0) is 61.6 Å². The van der Waals surface area contributed by atoms with Crippen LogP contribution in [0.5, 0.6) is 17.2 Å². The number of Topliss-reactive ketones (excluding diaryl/α,β-unsaturated/α-hetero) is 1. The lowest BCUT2D eigenvalue weighted by Crippen LogP contribution is -2.35.